The minimum absolute atomic E-state index is 0.730. The van der Waals surface area contributed by atoms with Crippen molar-refractivity contribution in [3.63, 3.8) is 0 Å². The Kier molecular flexibility index (Phi) is 6.27. The molecule has 0 bridgehead atoms. The molecule has 0 aromatic heterocycles. The molecule has 1 N–H and O–H groups in total. The topological polar surface area (TPSA) is 24.5 Å². The molecule has 0 aliphatic heterocycles. The summed E-state index contributed by atoms with van der Waals surface area (Å²) in [5.74, 6) is 0.947. The van der Waals surface area contributed by atoms with Crippen molar-refractivity contribution in [3.05, 3.63) is 35.4 Å². The second-order valence-electron chi connectivity index (χ2n) is 6.03. The molecule has 0 saturated heterocycles. The van der Waals surface area contributed by atoms with Crippen molar-refractivity contribution in [2.45, 2.75) is 32.2 Å². The van der Waals surface area contributed by atoms with Gasteiger partial charge in [0.2, 0.25) is 0 Å². The summed E-state index contributed by atoms with van der Waals surface area (Å²) in [5, 5.41) is 3.58. The third-order valence-electron chi connectivity index (χ3n) is 3.71. The molecule has 0 atom stereocenters. The fourth-order valence-electron chi connectivity index (χ4n) is 2.08. The zero-order valence-electron chi connectivity index (χ0n) is 13.6. The minimum Gasteiger partial charge on any atom is -0.492 e. The number of nitrogens with one attached hydrogen (secondary N) is 1. The number of hydrogen-bond acceptors (Lipinski definition) is 3. The number of likely N-dealkylation sites (N-methyl/N-ethyl adjacent to an activating group) is 1. The maximum atomic E-state index is 5.72. The van der Waals surface area contributed by atoms with Gasteiger partial charge in [0.05, 0.1) is 0 Å². The van der Waals surface area contributed by atoms with Gasteiger partial charge in [0.1, 0.15) is 12.4 Å². The number of rotatable bonds is 9. The van der Waals surface area contributed by atoms with E-state index in [1.807, 2.05) is 0 Å². The van der Waals surface area contributed by atoms with Crippen molar-refractivity contribution < 1.29 is 4.74 Å². The Morgan fingerprint density at radius 2 is 2.00 bits per heavy atom. The third kappa shape index (κ3) is 6.32. The van der Waals surface area contributed by atoms with Gasteiger partial charge in [0, 0.05) is 19.1 Å². The van der Waals surface area contributed by atoms with Gasteiger partial charge in [-0.15, -0.1) is 0 Å². The van der Waals surface area contributed by atoms with Crippen molar-refractivity contribution in [1.82, 2.24) is 10.2 Å². The van der Waals surface area contributed by atoms with Crippen LogP contribution in [0, 0.1) is 0 Å². The molecular formula is C18H28N2O. The molecule has 2 rings (SSSR count). The van der Waals surface area contributed by atoms with Crippen LogP contribution in [0.25, 0.3) is 6.08 Å². The Morgan fingerprint density at radius 1 is 1.29 bits per heavy atom. The van der Waals surface area contributed by atoms with E-state index in [0.29, 0.717) is 0 Å². The van der Waals surface area contributed by atoms with E-state index in [9.17, 15) is 0 Å². The monoisotopic (exact) mass is 288 g/mol. The fourth-order valence-corrected chi connectivity index (χ4v) is 2.08. The van der Waals surface area contributed by atoms with Crippen molar-refractivity contribution in [3.8, 4) is 5.75 Å². The quantitative estimate of drug-likeness (QED) is 0.755. The molecule has 1 aromatic carbocycles. The van der Waals surface area contributed by atoms with Gasteiger partial charge in [-0.25, -0.2) is 0 Å². The predicted molar refractivity (Wildman–Crippen MR) is 89.8 cm³/mol. The number of benzene rings is 1. The van der Waals surface area contributed by atoms with E-state index in [4.69, 9.17) is 4.74 Å². The summed E-state index contributed by atoms with van der Waals surface area (Å²) >= 11 is 0. The molecule has 0 heterocycles. The summed E-state index contributed by atoms with van der Waals surface area (Å²) in [4.78, 5) is 2.12. The molecule has 1 aliphatic rings. The number of hydrogen-bond donors (Lipinski definition) is 1. The zero-order valence-corrected chi connectivity index (χ0v) is 13.6. The predicted octanol–water partition coefficient (Wildman–Crippen LogP) is 3.17. The molecule has 0 radical (unpaired) electrons. The Labute approximate surface area is 129 Å². The molecule has 1 aliphatic carbocycles. The lowest BCUT2D eigenvalue weighted by molar-refractivity contribution is 0.261. The lowest BCUT2D eigenvalue weighted by Gasteiger charge is -2.11. The molecule has 116 valence electrons. The molecule has 1 aromatic rings. The van der Waals surface area contributed by atoms with Crippen LogP contribution in [0.4, 0.5) is 0 Å². The van der Waals surface area contributed by atoms with Gasteiger partial charge in [0.15, 0.2) is 0 Å². The largest absolute Gasteiger partial charge is 0.492 e. The van der Waals surface area contributed by atoms with Crippen LogP contribution in [0.1, 0.15) is 31.7 Å². The van der Waals surface area contributed by atoms with E-state index in [0.717, 1.165) is 37.9 Å². The minimum atomic E-state index is 0.730. The van der Waals surface area contributed by atoms with Crippen LogP contribution in [0.2, 0.25) is 0 Å². The molecule has 21 heavy (non-hydrogen) atoms. The SMILES string of the molecule is CCC(=Cc1ccc(OCCN(C)C)cc1)CNC1CC1. The van der Waals surface area contributed by atoms with E-state index in [1.165, 1.54) is 24.0 Å². The first kappa shape index (κ1) is 16.1. The second kappa shape index (κ2) is 8.20. The molecule has 0 unspecified atom stereocenters. The van der Waals surface area contributed by atoms with Crippen molar-refractivity contribution >= 4 is 6.08 Å². The standard InChI is InChI=1S/C18H28N2O/c1-4-15(14-19-17-7-8-17)13-16-5-9-18(10-6-16)21-12-11-20(2)3/h5-6,9-10,13,17,19H,4,7-8,11-12,14H2,1-3H3. The van der Waals surface area contributed by atoms with Crippen LogP contribution >= 0.6 is 0 Å². The van der Waals surface area contributed by atoms with Crippen LogP contribution in [-0.2, 0) is 0 Å². The van der Waals surface area contributed by atoms with Gasteiger partial charge in [-0.3, -0.25) is 0 Å². The summed E-state index contributed by atoms with van der Waals surface area (Å²) in [6.07, 6.45) is 6.08. The summed E-state index contributed by atoms with van der Waals surface area (Å²) in [7, 11) is 4.11. The van der Waals surface area contributed by atoms with Gasteiger partial charge in [0.25, 0.3) is 0 Å². The third-order valence-corrected chi connectivity index (χ3v) is 3.71. The maximum Gasteiger partial charge on any atom is 0.119 e. The fraction of sp³-hybridized carbons (Fsp3) is 0.556. The average molecular weight is 288 g/mol. The van der Waals surface area contributed by atoms with E-state index >= 15 is 0 Å². The maximum absolute atomic E-state index is 5.72. The van der Waals surface area contributed by atoms with Crippen LogP contribution in [0.3, 0.4) is 0 Å². The van der Waals surface area contributed by atoms with Gasteiger partial charge < -0.3 is 15.0 Å². The first-order chi connectivity index (χ1) is 10.2. The molecular weight excluding hydrogens is 260 g/mol. The highest BCUT2D eigenvalue weighted by atomic mass is 16.5. The molecule has 0 amide bonds. The Morgan fingerprint density at radius 3 is 2.57 bits per heavy atom. The number of nitrogens with zero attached hydrogens (tertiary/aromatic N) is 1. The van der Waals surface area contributed by atoms with Crippen LogP contribution in [0.15, 0.2) is 29.8 Å². The molecule has 1 fully saturated rings. The van der Waals surface area contributed by atoms with Crippen molar-refractivity contribution in [2.24, 2.45) is 0 Å². The Balaban J connectivity index is 1.84. The molecule has 1 saturated carbocycles. The van der Waals surface area contributed by atoms with Gasteiger partial charge in [-0.1, -0.05) is 30.7 Å². The summed E-state index contributed by atoms with van der Waals surface area (Å²) in [6.45, 7) is 4.91. The van der Waals surface area contributed by atoms with Gasteiger partial charge in [-0.05, 0) is 51.1 Å². The first-order valence-electron chi connectivity index (χ1n) is 7.98. The molecule has 3 nitrogen and oxygen atoms in total. The van der Waals surface area contributed by atoms with Gasteiger partial charge >= 0.3 is 0 Å². The lowest BCUT2D eigenvalue weighted by atomic mass is 10.1. The number of ether oxygens (including phenoxy) is 1. The smallest absolute Gasteiger partial charge is 0.119 e. The summed E-state index contributed by atoms with van der Waals surface area (Å²) in [6, 6.07) is 9.16. The summed E-state index contributed by atoms with van der Waals surface area (Å²) in [5.41, 5.74) is 2.72. The summed E-state index contributed by atoms with van der Waals surface area (Å²) < 4.78 is 5.72. The highest BCUT2D eigenvalue weighted by Gasteiger charge is 2.19. The van der Waals surface area contributed by atoms with E-state index in [-0.39, 0.29) is 0 Å². The van der Waals surface area contributed by atoms with Crippen molar-refractivity contribution in [1.29, 1.82) is 0 Å². The highest BCUT2D eigenvalue weighted by molar-refractivity contribution is 5.54. The van der Waals surface area contributed by atoms with Crippen molar-refractivity contribution in [2.75, 3.05) is 33.8 Å². The first-order valence-corrected chi connectivity index (χ1v) is 7.98. The van der Waals surface area contributed by atoms with Crippen LogP contribution < -0.4 is 10.1 Å². The lowest BCUT2D eigenvalue weighted by Crippen LogP contribution is -2.19. The Bertz CT molecular complexity index is 447. The van der Waals surface area contributed by atoms with Gasteiger partial charge in [-0.2, -0.15) is 0 Å². The van der Waals surface area contributed by atoms with Crippen LogP contribution in [-0.4, -0.2) is 44.7 Å². The normalized spacial score (nSPS) is 15.5. The second-order valence-corrected chi connectivity index (χ2v) is 6.03. The highest BCUT2D eigenvalue weighted by Crippen LogP contribution is 2.20. The zero-order chi connectivity index (χ0) is 15.1. The molecule has 0 spiro atoms. The van der Waals surface area contributed by atoms with E-state index in [1.54, 1.807) is 0 Å². The van der Waals surface area contributed by atoms with Crippen LogP contribution in [0.5, 0.6) is 5.75 Å². The Hall–Kier alpha value is -1.32. The van der Waals surface area contributed by atoms with E-state index < -0.39 is 0 Å². The molecule has 3 heteroatoms. The average Bonchev–Trinajstić information content (AvgIpc) is 3.29. The van der Waals surface area contributed by atoms with E-state index in [2.05, 4.69) is 61.6 Å².